The molecule has 0 aliphatic carbocycles. The molecule has 1 N–H and O–H groups in total. The summed E-state index contributed by atoms with van der Waals surface area (Å²) in [7, 11) is 0. The summed E-state index contributed by atoms with van der Waals surface area (Å²) in [5, 5.41) is 2.36. The van der Waals surface area contributed by atoms with Crippen molar-refractivity contribution in [3.8, 4) is 0 Å². The van der Waals surface area contributed by atoms with Gasteiger partial charge < -0.3 is 15.0 Å². The van der Waals surface area contributed by atoms with E-state index in [0.29, 0.717) is 49.8 Å². The summed E-state index contributed by atoms with van der Waals surface area (Å²) in [6.45, 7) is 2.26. The van der Waals surface area contributed by atoms with E-state index < -0.39 is 35.0 Å². The number of halogens is 6. The fraction of sp³-hybridized carbons (Fsp3) is 0.368. The lowest BCUT2D eigenvalue weighted by Gasteiger charge is -2.28. The monoisotopic (exact) mass is 433 g/mol. The quantitative estimate of drug-likeness (QED) is 0.744. The molecular weight excluding hydrogens is 416 g/mol. The van der Waals surface area contributed by atoms with Gasteiger partial charge in [-0.05, 0) is 35.9 Å². The SMILES string of the molecule is O=C(NCc1ccnc(N2CCOCC2)c1)c1cc(C(F)(F)F)cc(C(F)(F)F)c1. The van der Waals surface area contributed by atoms with Crippen LogP contribution >= 0.6 is 0 Å². The first-order valence-electron chi connectivity index (χ1n) is 8.89. The zero-order chi connectivity index (χ0) is 21.9. The van der Waals surface area contributed by atoms with Crippen molar-refractivity contribution in [2.75, 3.05) is 31.2 Å². The lowest BCUT2D eigenvalue weighted by atomic mass is 10.0. The van der Waals surface area contributed by atoms with Gasteiger partial charge in [-0.2, -0.15) is 26.3 Å². The van der Waals surface area contributed by atoms with E-state index in [-0.39, 0.29) is 12.6 Å². The first-order valence-corrected chi connectivity index (χ1v) is 8.89. The molecule has 5 nitrogen and oxygen atoms in total. The van der Waals surface area contributed by atoms with Crippen LogP contribution in [0.25, 0.3) is 0 Å². The number of alkyl halides is 6. The van der Waals surface area contributed by atoms with Crippen molar-refractivity contribution >= 4 is 11.7 Å². The van der Waals surface area contributed by atoms with Gasteiger partial charge in [0.05, 0.1) is 24.3 Å². The number of pyridine rings is 1. The second kappa shape index (κ2) is 8.50. The molecule has 0 bridgehead atoms. The van der Waals surface area contributed by atoms with Gasteiger partial charge in [-0.25, -0.2) is 4.98 Å². The van der Waals surface area contributed by atoms with Crippen molar-refractivity contribution in [1.82, 2.24) is 10.3 Å². The number of aromatic nitrogens is 1. The van der Waals surface area contributed by atoms with E-state index in [4.69, 9.17) is 4.74 Å². The first kappa shape index (κ1) is 21.9. The predicted octanol–water partition coefficient (Wildman–Crippen LogP) is 3.89. The third-order valence-electron chi connectivity index (χ3n) is 4.45. The van der Waals surface area contributed by atoms with E-state index in [9.17, 15) is 31.1 Å². The van der Waals surface area contributed by atoms with Gasteiger partial charge in [-0.15, -0.1) is 0 Å². The molecular formula is C19H17F6N3O2. The van der Waals surface area contributed by atoms with E-state index in [0.717, 1.165) is 0 Å². The molecule has 0 radical (unpaired) electrons. The van der Waals surface area contributed by atoms with Crippen molar-refractivity contribution in [2.24, 2.45) is 0 Å². The number of morpholine rings is 1. The van der Waals surface area contributed by atoms with Crippen LogP contribution in [0.2, 0.25) is 0 Å². The highest BCUT2D eigenvalue weighted by Gasteiger charge is 2.37. The van der Waals surface area contributed by atoms with Crippen molar-refractivity contribution in [1.29, 1.82) is 0 Å². The van der Waals surface area contributed by atoms with E-state index in [1.54, 1.807) is 12.1 Å². The van der Waals surface area contributed by atoms with Crippen LogP contribution in [-0.2, 0) is 23.6 Å². The number of nitrogens with one attached hydrogen (secondary N) is 1. The summed E-state index contributed by atoms with van der Waals surface area (Å²) in [5.74, 6) is -0.403. The minimum absolute atomic E-state index is 0.0196. The molecule has 1 amide bonds. The van der Waals surface area contributed by atoms with Gasteiger partial charge >= 0.3 is 12.4 Å². The Morgan fingerprint density at radius 1 is 1.00 bits per heavy atom. The Labute approximate surface area is 167 Å². The Bertz CT molecular complexity index is 876. The predicted molar refractivity (Wildman–Crippen MR) is 94.9 cm³/mol. The maximum atomic E-state index is 13.0. The molecule has 2 heterocycles. The zero-order valence-corrected chi connectivity index (χ0v) is 15.5. The summed E-state index contributed by atoms with van der Waals surface area (Å²) >= 11 is 0. The number of benzene rings is 1. The Balaban J connectivity index is 1.76. The summed E-state index contributed by atoms with van der Waals surface area (Å²) in [6, 6.07) is 4.07. The van der Waals surface area contributed by atoms with Crippen LogP contribution in [0.5, 0.6) is 0 Å². The summed E-state index contributed by atoms with van der Waals surface area (Å²) in [6.07, 6.45) is -8.53. The van der Waals surface area contributed by atoms with Gasteiger partial charge in [-0.3, -0.25) is 4.79 Å². The molecule has 1 aromatic heterocycles. The highest BCUT2D eigenvalue weighted by Crippen LogP contribution is 2.36. The third-order valence-corrected chi connectivity index (χ3v) is 4.45. The average Bonchev–Trinajstić information content (AvgIpc) is 2.71. The molecule has 1 saturated heterocycles. The van der Waals surface area contributed by atoms with E-state index in [1.165, 1.54) is 6.20 Å². The molecule has 0 atom stereocenters. The van der Waals surface area contributed by atoms with Crippen LogP contribution in [0.1, 0.15) is 27.0 Å². The molecule has 0 spiro atoms. The third kappa shape index (κ3) is 5.41. The van der Waals surface area contributed by atoms with Crippen molar-refractivity contribution in [3.63, 3.8) is 0 Å². The molecule has 11 heteroatoms. The molecule has 30 heavy (non-hydrogen) atoms. The van der Waals surface area contributed by atoms with Crippen molar-refractivity contribution in [3.05, 3.63) is 58.8 Å². The minimum Gasteiger partial charge on any atom is -0.378 e. The van der Waals surface area contributed by atoms with Crippen molar-refractivity contribution < 1.29 is 35.9 Å². The van der Waals surface area contributed by atoms with Crippen LogP contribution in [0, 0.1) is 0 Å². The second-order valence-corrected chi connectivity index (χ2v) is 6.60. The number of rotatable bonds is 4. The molecule has 1 aliphatic heterocycles. The second-order valence-electron chi connectivity index (χ2n) is 6.60. The molecule has 0 unspecified atom stereocenters. The Hall–Kier alpha value is -2.82. The number of nitrogens with zero attached hydrogens (tertiary/aromatic N) is 2. The highest BCUT2D eigenvalue weighted by atomic mass is 19.4. The lowest BCUT2D eigenvalue weighted by Crippen LogP contribution is -2.36. The number of hydrogen-bond acceptors (Lipinski definition) is 4. The molecule has 2 aromatic rings. The number of carbonyl (C=O) groups is 1. The largest absolute Gasteiger partial charge is 0.416 e. The maximum absolute atomic E-state index is 13.0. The topological polar surface area (TPSA) is 54.5 Å². The lowest BCUT2D eigenvalue weighted by molar-refractivity contribution is -0.143. The molecule has 0 saturated carbocycles. The number of carbonyl (C=O) groups excluding carboxylic acids is 1. The van der Waals surface area contributed by atoms with Gasteiger partial charge in [0.15, 0.2) is 0 Å². The first-order chi connectivity index (χ1) is 14.0. The van der Waals surface area contributed by atoms with Crippen LogP contribution in [0.4, 0.5) is 32.2 Å². The summed E-state index contributed by atoms with van der Waals surface area (Å²) in [5.41, 5.74) is -3.20. The number of amides is 1. The fourth-order valence-corrected chi connectivity index (χ4v) is 2.91. The summed E-state index contributed by atoms with van der Waals surface area (Å²) in [4.78, 5) is 18.5. The van der Waals surface area contributed by atoms with Gasteiger partial charge in [-0.1, -0.05) is 0 Å². The van der Waals surface area contributed by atoms with Crippen molar-refractivity contribution in [2.45, 2.75) is 18.9 Å². The van der Waals surface area contributed by atoms with E-state index in [1.807, 2.05) is 4.90 Å². The molecule has 1 aromatic carbocycles. The number of ether oxygens (including phenoxy) is 1. The molecule has 162 valence electrons. The smallest absolute Gasteiger partial charge is 0.378 e. The highest BCUT2D eigenvalue weighted by molar-refractivity contribution is 5.94. The van der Waals surface area contributed by atoms with E-state index >= 15 is 0 Å². The van der Waals surface area contributed by atoms with Crippen LogP contribution in [-0.4, -0.2) is 37.2 Å². The molecule has 1 aliphatic rings. The fourth-order valence-electron chi connectivity index (χ4n) is 2.91. The molecule has 3 rings (SSSR count). The average molecular weight is 433 g/mol. The normalized spacial score (nSPS) is 15.2. The van der Waals surface area contributed by atoms with Crippen LogP contribution in [0.3, 0.4) is 0 Å². The zero-order valence-electron chi connectivity index (χ0n) is 15.5. The van der Waals surface area contributed by atoms with Crippen LogP contribution in [0.15, 0.2) is 36.5 Å². The van der Waals surface area contributed by atoms with E-state index in [2.05, 4.69) is 10.3 Å². The molecule has 1 fully saturated rings. The maximum Gasteiger partial charge on any atom is 0.416 e. The number of anilines is 1. The van der Waals surface area contributed by atoms with Gasteiger partial charge in [0.25, 0.3) is 5.91 Å². The van der Waals surface area contributed by atoms with Gasteiger partial charge in [0.1, 0.15) is 5.82 Å². The van der Waals surface area contributed by atoms with Gasteiger partial charge in [0.2, 0.25) is 0 Å². The van der Waals surface area contributed by atoms with Gasteiger partial charge in [0, 0.05) is 31.4 Å². The Kier molecular flexibility index (Phi) is 6.20. The van der Waals surface area contributed by atoms with Crippen LogP contribution < -0.4 is 10.2 Å². The summed E-state index contributed by atoms with van der Waals surface area (Å²) < 4.78 is 83.0. The Morgan fingerprint density at radius 2 is 1.60 bits per heavy atom. The standard InChI is InChI=1S/C19H17F6N3O2/c20-18(21,22)14-8-13(9-15(10-14)19(23,24)25)17(29)27-11-12-1-2-26-16(7-12)28-3-5-30-6-4-28/h1-2,7-10H,3-6,11H2,(H,27,29). The Morgan fingerprint density at radius 3 is 2.17 bits per heavy atom. The number of hydrogen-bond donors (Lipinski definition) is 1. The minimum atomic E-state index is -5.02.